The number of hydrogen-bond acceptors (Lipinski definition) is 4. The van der Waals surface area contributed by atoms with Crippen molar-refractivity contribution >= 4 is 11.7 Å². The summed E-state index contributed by atoms with van der Waals surface area (Å²) in [6.07, 6.45) is -4.22. The summed E-state index contributed by atoms with van der Waals surface area (Å²) in [5.41, 5.74) is 0.473. The molecule has 134 valence electrons. The maximum Gasteiger partial charge on any atom is 0.401 e. The van der Waals surface area contributed by atoms with E-state index in [1.54, 1.807) is 18.2 Å². The molecule has 0 atom stereocenters. The number of rotatable bonds is 4. The summed E-state index contributed by atoms with van der Waals surface area (Å²) in [5.74, 6) is 1.03. The van der Waals surface area contributed by atoms with Gasteiger partial charge in [0, 0.05) is 32.2 Å². The number of piperazine rings is 1. The topological polar surface area (TPSA) is 54.0 Å². The first-order chi connectivity index (χ1) is 11.3. The van der Waals surface area contributed by atoms with Gasteiger partial charge in [0.1, 0.15) is 11.5 Å². The molecule has 1 aliphatic rings. The molecule has 1 aliphatic heterocycles. The summed E-state index contributed by atoms with van der Waals surface area (Å²) >= 11 is 0. The maximum absolute atomic E-state index is 12.4. The minimum absolute atomic E-state index is 0.187. The molecule has 0 bridgehead atoms. The first-order valence-electron chi connectivity index (χ1n) is 7.39. The van der Waals surface area contributed by atoms with Crippen molar-refractivity contribution in [2.45, 2.75) is 6.18 Å². The number of halogens is 3. The van der Waals surface area contributed by atoms with E-state index >= 15 is 0 Å². The van der Waals surface area contributed by atoms with E-state index in [1.165, 1.54) is 24.0 Å². The second-order valence-electron chi connectivity index (χ2n) is 5.37. The highest BCUT2D eigenvalue weighted by atomic mass is 19.4. The van der Waals surface area contributed by atoms with Crippen LogP contribution in [-0.2, 0) is 0 Å². The molecule has 1 saturated heterocycles. The van der Waals surface area contributed by atoms with Gasteiger partial charge in [-0.1, -0.05) is 0 Å². The van der Waals surface area contributed by atoms with Crippen molar-refractivity contribution in [3.8, 4) is 11.5 Å². The van der Waals surface area contributed by atoms with Crippen LogP contribution in [0, 0.1) is 0 Å². The highest BCUT2D eigenvalue weighted by molar-refractivity contribution is 5.91. The van der Waals surface area contributed by atoms with E-state index in [0.717, 1.165) is 0 Å². The molecule has 1 N–H and O–H groups in total. The number of nitrogens with one attached hydrogen (secondary N) is 1. The Morgan fingerprint density at radius 3 is 2.38 bits per heavy atom. The van der Waals surface area contributed by atoms with Crippen molar-refractivity contribution in [3.05, 3.63) is 18.2 Å². The van der Waals surface area contributed by atoms with E-state index < -0.39 is 12.7 Å². The van der Waals surface area contributed by atoms with E-state index in [9.17, 15) is 18.0 Å². The smallest absolute Gasteiger partial charge is 0.401 e. The van der Waals surface area contributed by atoms with Crippen LogP contribution in [0.5, 0.6) is 11.5 Å². The third-order valence-electron chi connectivity index (χ3n) is 3.71. The number of urea groups is 1. The molecule has 0 aromatic heterocycles. The SMILES string of the molecule is COc1ccc(NC(=O)N2CCN(CC(F)(F)F)CC2)c(OC)c1. The van der Waals surface area contributed by atoms with Gasteiger partial charge in [-0.25, -0.2) is 4.79 Å². The fourth-order valence-electron chi connectivity index (χ4n) is 2.46. The van der Waals surface area contributed by atoms with Crippen molar-refractivity contribution in [2.24, 2.45) is 0 Å². The second-order valence-corrected chi connectivity index (χ2v) is 5.37. The Morgan fingerprint density at radius 2 is 1.83 bits per heavy atom. The molecule has 0 radical (unpaired) electrons. The summed E-state index contributed by atoms with van der Waals surface area (Å²) in [6, 6.07) is 4.59. The standard InChI is InChI=1S/C15H20F3N3O3/c1-23-11-3-4-12(13(9-11)24-2)19-14(22)21-7-5-20(6-8-21)10-15(16,17)18/h3-4,9H,5-8,10H2,1-2H3,(H,19,22). The fourth-order valence-corrected chi connectivity index (χ4v) is 2.46. The third kappa shape index (κ3) is 4.92. The molecule has 0 spiro atoms. The number of carbonyl (C=O) groups is 1. The number of ether oxygens (including phenoxy) is 2. The molecular weight excluding hydrogens is 327 g/mol. The monoisotopic (exact) mass is 347 g/mol. The lowest BCUT2D eigenvalue weighted by Crippen LogP contribution is -2.51. The van der Waals surface area contributed by atoms with Crippen molar-refractivity contribution < 1.29 is 27.4 Å². The van der Waals surface area contributed by atoms with Gasteiger partial charge in [-0.3, -0.25) is 4.90 Å². The van der Waals surface area contributed by atoms with Gasteiger partial charge >= 0.3 is 12.2 Å². The normalized spacial score (nSPS) is 16.0. The van der Waals surface area contributed by atoms with Crippen LogP contribution in [0.2, 0.25) is 0 Å². The highest BCUT2D eigenvalue weighted by Gasteiger charge is 2.32. The van der Waals surface area contributed by atoms with Gasteiger partial charge < -0.3 is 19.7 Å². The van der Waals surface area contributed by atoms with E-state index in [2.05, 4.69) is 5.32 Å². The number of benzene rings is 1. The summed E-state index contributed by atoms with van der Waals surface area (Å²) in [5, 5.41) is 2.71. The molecule has 0 aliphatic carbocycles. The van der Waals surface area contributed by atoms with E-state index in [4.69, 9.17) is 9.47 Å². The maximum atomic E-state index is 12.4. The van der Waals surface area contributed by atoms with Crippen LogP contribution in [0.4, 0.5) is 23.7 Å². The molecule has 6 nitrogen and oxygen atoms in total. The van der Waals surface area contributed by atoms with Crippen molar-refractivity contribution in [1.29, 1.82) is 0 Å². The zero-order valence-electron chi connectivity index (χ0n) is 13.5. The Bertz CT molecular complexity index is 573. The van der Waals surface area contributed by atoms with Crippen LogP contribution in [0.15, 0.2) is 18.2 Å². The molecule has 24 heavy (non-hydrogen) atoms. The Morgan fingerprint density at radius 1 is 1.17 bits per heavy atom. The van der Waals surface area contributed by atoms with Gasteiger partial charge in [0.15, 0.2) is 0 Å². The average Bonchev–Trinajstić information content (AvgIpc) is 2.54. The Kier molecular flexibility index (Phi) is 5.76. The number of carbonyl (C=O) groups excluding carboxylic acids is 1. The van der Waals surface area contributed by atoms with Crippen LogP contribution in [0.25, 0.3) is 0 Å². The van der Waals surface area contributed by atoms with Crippen LogP contribution < -0.4 is 14.8 Å². The molecule has 1 heterocycles. The first kappa shape index (κ1) is 18.2. The number of hydrogen-bond donors (Lipinski definition) is 1. The molecule has 1 aromatic carbocycles. The van der Waals surface area contributed by atoms with Gasteiger partial charge in [0.25, 0.3) is 0 Å². The largest absolute Gasteiger partial charge is 0.497 e. The van der Waals surface area contributed by atoms with Crippen molar-refractivity contribution in [3.63, 3.8) is 0 Å². The Labute approximate surface area is 138 Å². The van der Waals surface area contributed by atoms with Crippen molar-refractivity contribution in [2.75, 3.05) is 52.3 Å². The molecule has 0 unspecified atom stereocenters. The lowest BCUT2D eigenvalue weighted by Gasteiger charge is -2.35. The second kappa shape index (κ2) is 7.61. The number of anilines is 1. The summed E-state index contributed by atoms with van der Waals surface area (Å²) in [6.45, 7) is -0.102. The van der Waals surface area contributed by atoms with E-state index in [-0.39, 0.29) is 32.2 Å². The van der Waals surface area contributed by atoms with Gasteiger partial charge in [-0.2, -0.15) is 13.2 Å². The van der Waals surface area contributed by atoms with Crippen LogP contribution in [-0.4, -0.2) is 69.0 Å². The van der Waals surface area contributed by atoms with Crippen LogP contribution in [0.3, 0.4) is 0 Å². The Balaban J connectivity index is 1.92. The highest BCUT2D eigenvalue weighted by Crippen LogP contribution is 2.29. The predicted octanol–water partition coefficient (Wildman–Crippen LogP) is 2.42. The molecule has 2 rings (SSSR count). The summed E-state index contributed by atoms with van der Waals surface area (Å²) in [7, 11) is 2.99. The van der Waals surface area contributed by atoms with E-state index in [0.29, 0.717) is 17.2 Å². The number of alkyl halides is 3. The number of nitrogens with zero attached hydrogens (tertiary/aromatic N) is 2. The van der Waals surface area contributed by atoms with Gasteiger partial charge in [-0.15, -0.1) is 0 Å². The van der Waals surface area contributed by atoms with Crippen molar-refractivity contribution in [1.82, 2.24) is 9.80 Å². The minimum Gasteiger partial charge on any atom is -0.497 e. The Hall–Kier alpha value is -2.16. The molecule has 9 heteroatoms. The van der Waals surface area contributed by atoms with E-state index in [1.807, 2.05) is 0 Å². The zero-order chi connectivity index (χ0) is 17.7. The number of methoxy groups -OCH3 is 2. The molecular formula is C15H20F3N3O3. The fraction of sp³-hybridized carbons (Fsp3) is 0.533. The zero-order valence-corrected chi connectivity index (χ0v) is 13.5. The lowest BCUT2D eigenvalue weighted by atomic mass is 10.2. The predicted molar refractivity (Wildman–Crippen MR) is 82.6 cm³/mol. The van der Waals surface area contributed by atoms with Gasteiger partial charge in [0.2, 0.25) is 0 Å². The first-order valence-corrected chi connectivity index (χ1v) is 7.39. The third-order valence-corrected chi connectivity index (χ3v) is 3.71. The molecule has 1 fully saturated rings. The number of amides is 2. The average molecular weight is 347 g/mol. The molecule has 0 saturated carbocycles. The van der Waals surface area contributed by atoms with Crippen LogP contribution in [0.1, 0.15) is 0 Å². The van der Waals surface area contributed by atoms with Crippen LogP contribution >= 0.6 is 0 Å². The molecule has 2 amide bonds. The van der Waals surface area contributed by atoms with Gasteiger partial charge in [-0.05, 0) is 12.1 Å². The molecule has 1 aromatic rings. The van der Waals surface area contributed by atoms with Gasteiger partial charge in [0.05, 0.1) is 26.5 Å². The lowest BCUT2D eigenvalue weighted by molar-refractivity contribution is -0.148. The quantitative estimate of drug-likeness (QED) is 0.909. The summed E-state index contributed by atoms with van der Waals surface area (Å²) in [4.78, 5) is 15.0. The minimum atomic E-state index is -4.22. The summed E-state index contributed by atoms with van der Waals surface area (Å²) < 4.78 is 47.4.